The highest BCUT2D eigenvalue weighted by atomic mass is 35.5. The number of aromatic nitrogens is 2. The van der Waals surface area contributed by atoms with Crippen molar-refractivity contribution >= 4 is 34.7 Å². The Hall–Kier alpha value is -3.12. The number of carbonyl (C=O) groups excluding carboxylic acids is 1. The number of anilines is 3. The quantitative estimate of drug-likeness (QED) is 0.652. The molecule has 0 atom stereocenters. The first-order valence-electron chi connectivity index (χ1n) is 7.58. The molecule has 0 bridgehead atoms. The molecule has 25 heavy (non-hydrogen) atoms. The molecule has 126 valence electrons. The van der Waals surface area contributed by atoms with Gasteiger partial charge in [-0.2, -0.15) is 0 Å². The Morgan fingerprint density at radius 2 is 1.88 bits per heavy atom. The molecule has 3 rings (SSSR count). The number of carbonyl (C=O) groups is 1. The van der Waals surface area contributed by atoms with Crippen molar-refractivity contribution in [3.8, 4) is 0 Å². The van der Waals surface area contributed by atoms with Gasteiger partial charge in [0.15, 0.2) is 0 Å². The lowest BCUT2D eigenvalue weighted by Crippen LogP contribution is -2.12. The van der Waals surface area contributed by atoms with E-state index in [9.17, 15) is 4.79 Å². The molecule has 7 heteroatoms. The number of pyridine rings is 2. The van der Waals surface area contributed by atoms with E-state index in [1.165, 1.54) is 0 Å². The van der Waals surface area contributed by atoms with Crippen molar-refractivity contribution in [2.45, 2.75) is 6.54 Å². The van der Waals surface area contributed by atoms with Gasteiger partial charge in [0.05, 0.1) is 17.9 Å². The van der Waals surface area contributed by atoms with Crippen LogP contribution in [0.25, 0.3) is 0 Å². The molecule has 6 nitrogen and oxygen atoms in total. The van der Waals surface area contributed by atoms with E-state index >= 15 is 0 Å². The Kier molecular flexibility index (Phi) is 5.11. The summed E-state index contributed by atoms with van der Waals surface area (Å²) in [7, 11) is 0. The zero-order chi connectivity index (χ0) is 17.6. The molecule has 1 aromatic carbocycles. The topological polar surface area (TPSA) is 92.9 Å². The molecule has 4 N–H and O–H groups in total. The molecule has 2 aromatic heterocycles. The highest BCUT2D eigenvalue weighted by Gasteiger charge is 2.07. The predicted octanol–water partition coefficient (Wildman–Crippen LogP) is 3.58. The van der Waals surface area contributed by atoms with Crippen LogP contribution in [0.1, 0.15) is 16.1 Å². The Balaban J connectivity index is 1.66. The van der Waals surface area contributed by atoms with Gasteiger partial charge in [0.1, 0.15) is 5.82 Å². The van der Waals surface area contributed by atoms with Gasteiger partial charge in [0.2, 0.25) is 0 Å². The molecule has 0 aliphatic heterocycles. The minimum atomic E-state index is -0.210. The number of nitrogens with one attached hydrogen (secondary N) is 2. The number of nitrogens with zero attached hydrogens (tertiary/aromatic N) is 2. The number of hydrogen-bond donors (Lipinski definition) is 3. The zero-order valence-electron chi connectivity index (χ0n) is 13.2. The van der Waals surface area contributed by atoms with Gasteiger partial charge < -0.3 is 16.4 Å². The van der Waals surface area contributed by atoms with Crippen LogP contribution in [0.2, 0.25) is 5.02 Å². The van der Waals surface area contributed by atoms with Gasteiger partial charge in [-0.15, -0.1) is 0 Å². The second-order valence-electron chi connectivity index (χ2n) is 5.29. The Morgan fingerprint density at radius 3 is 2.64 bits per heavy atom. The molecule has 0 radical (unpaired) electrons. The van der Waals surface area contributed by atoms with Crippen molar-refractivity contribution in [3.05, 3.63) is 77.2 Å². The predicted molar refractivity (Wildman–Crippen MR) is 99.6 cm³/mol. The van der Waals surface area contributed by atoms with Gasteiger partial charge in [0, 0.05) is 28.7 Å². The summed E-state index contributed by atoms with van der Waals surface area (Å²) >= 11 is 5.83. The van der Waals surface area contributed by atoms with E-state index in [1.54, 1.807) is 54.9 Å². The molecule has 0 unspecified atom stereocenters. The molecule has 0 aliphatic carbocycles. The van der Waals surface area contributed by atoms with Gasteiger partial charge in [-0.1, -0.05) is 11.6 Å². The number of benzene rings is 1. The van der Waals surface area contributed by atoms with Crippen LogP contribution < -0.4 is 16.4 Å². The van der Waals surface area contributed by atoms with Gasteiger partial charge in [-0.3, -0.25) is 9.78 Å². The summed E-state index contributed by atoms with van der Waals surface area (Å²) in [5, 5.41) is 6.60. The number of halogens is 1. The van der Waals surface area contributed by atoms with E-state index in [4.69, 9.17) is 17.3 Å². The third-order valence-electron chi connectivity index (χ3n) is 3.48. The number of nitrogens with two attached hydrogens (primary N) is 1. The van der Waals surface area contributed by atoms with E-state index in [0.717, 1.165) is 11.4 Å². The highest BCUT2D eigenvalue weighted by Crippen LogP contribution is 2.16. The van der Waals surface area contributed by atoms with Crippen LogP contribution in [0.5, 0.6) is 0 Å². The molecule has 0 saturated carbocycles. The fourth-order valence-electron chi connectivity index (χ4n) is 2.21. The Morgan fingerprint density at radius 1 is 1.08 bits per heavy atom. The lowest BCUT2D eigenvalue weighted by molar-refractivity contribution is 0.102. The molecular weight excluding hydrogens is 338 g/mol. The summed E-state index contributed by atoms with van der Waals surface area (Å²) in [6.07, 6.45) is 3.27. The van der Waals surface area contributed by atoms with Crippen LogP contribution in [0.4, 0.5) is 17.2 Å². The molecule has 0 aliphatic rings. The molecule has 0 saturated heterocycles. The van der Waals surface area contributed by atoms with E-state index in [2.05, 4.69) is 20.6 Å². The number of rotatable bonds is 5. The minimum Gasteiger partial charge on any atom is -0.382 e. The average Bonchev–Trinajstić information content (AvgIpc) is 2.62. The van der Waals surface area contributed by atoms with Crippen molar-refractivity contribution in [2.75, 3.05) is 16.4 Å². The molecule has 0 fully saturated rings. The first-order chi connectivity index (χ1) is 12.1. The molecule has 0 spiro atoms. The smallest absolute Gasteiger partial charge is 0.255 e. The fourth-order valence-corrected chi connectivity index (χ4v) is 2.34. The summed E-state index contributed by atoms with van der Waals surface area (Å²) in [5.41, 5.74) is 8.48. The Labute approximate surface area is 150 Å². The summed E-state index contributed by atoms with van der Waals surface area (Å²) in [6, 6.07) is 13.9. The van der Waals surface area contributed by atoms with Gasteiger partial charge in [0.25, 0.3) is 5.91 Å². The highest BCUT2D eigenvalue weighted by molar-refractivity contribution is 6.30. The van der Waals surface area contributed by atoms with Crippen molar-refractivity contribution in [1.82, 2.24) is 9.97 Å². The van der Waals surface area contributed by atoms with Gasteiger partial charge >= 0.3 is 0 Å². The number of amides is 1. The molecular formula is C18H16ClN5O. The largest absolute Gasteiger partial charge is 0.382 e. The normalized spacial score (nSPS) is 10.3. The first-order valence-corrected chi connectivity index (χ1v) is 7.96. The molecule has 2 heterocycles. The van der Waals surface area contributed by atoms with Crippen LogP contribution in [0.15, 0.2) is 60.9 Å². The Bertz CT molecular complexity index is 883. The first kappa shape index (κ1) is 16.7. The van der Waals surface area contributed by atoms with Gasteiger partial charge in [-0.25, -0.2) is 4.98 Å². The second kappa shape index (κ2) is 7.63. The second-order valence-corrected chi connectivity index (χ2v) is 5.72. The minimum absolute atomic E-state index is 0.210. The fraction of sp³-hybridized carbons (Fsp3) is 0.0556. The van der Waals surface area contributed by atoms with E-state index in [0.29, 0.717) is 28.6 Å². The zero-order valence-corrected chi connectivity index (χ0v) is 14.0. The van der Waals surface area contributed by atoms with Crippen molar-refractivity contribution < 1.29 is 4.79 Å². The number of nitrogen functional groups attached to an aromatic ring is 1. The van der Waals surface area contributed by atoms with E-state index in [-0.39, 0.29) is 5.91 Å². The molecule has 1 amide bonds. The van der Waals surface area contributed by atoms with Crippen molar-refractivity contribution in [1.29, 1.82) is 0 Å². The molecule has 3 aromatic rings. The maximum Gasteiger partial charge on any atom is 0.255 e. The summed E-state index contributed by atoms with van der Waals surface area (Å²) in [4.78, 5) is 20.5. The van der Waals surface area contributed by atoms with Crippen LogP contribution in [0.3, 0.4) is 0 Å². The average molecular weight is 354 g/mol. The third kappa shape index (κ3) is 4.45. The maximum atomic E-state index is 12.2. The van der Waals surface area contributed by atoms with Crippen LogP contribution in [-0.4, -0.2) is 15.9 Å². The van der Waals surface area contributed by atoms with Crippen LogP contribution in [0, 0.1) is 0 Å². The van der Waals surface area contributed by atoms with Gasteiger partial charge in [-0.05, 0) is 48.5 Å². The van der Waals surface area contributed by atoms with E-state index in [1.807, 2.05) is 6.07 Å². The van der Waals surface area contributed by atoms with Crippen molar-refractivity contribution in [3.63, 3.8) is 0 Å². The van der Waals surface area contributed by atoms with Crippen LogP contribution in [-0.2, 0) is 6.54 Å². The summed E-state index contributed by atoms with van der Waals surface area (Å²) in [5.74, 6) is 0.216. The standard InChI is InChI=1S/C18H16ClN5O/c19-13-5-3-12(4-6-13)18(25)24-14-7-9-21-15(10-14)11-23-16-2-1-8-22-17(16)20/h1-10,23H,11H2,(H2,20,22)(H,21,24,25). The summed E-state index contributed by atoms with van der Waals surface area (Å²) < 4.78 is 0. The summed E-state index contributed by atoms with van der Waals surface area (Å²) in [6.45, 7) is 0.459. The number of hydrogen-bond acceptors (Lipinski definition) is 5. The van der Waals surface area contributed by atoms with Crippen molar-refractivity contribution in [2.24, 2.45) is 0 Å². The SMILES string of the molecule is Nc1ncccc1NCc1cc(NC(=O)c2ccc(Cl)cc2)ccn1. The maximum absolute atomic E-state index is 12.2. The monoisotopic (exact) mass is 353 g/mol. The third-order valence-corrected chi connectivity index (χ3v) is 3.73. The van der Waals surface area contributed by atoms with Crippen LogP contribution >= 0.6 is 11.6 Å². The lowest BCUT2D eigenvalue weighted by Gasteiger charge is -2.10. The van der Waals surface area contributed by atoms with E-state index < -0.39 is 0 Å². The lowest BCUT2D eigenvalue weighted by atomic mass is 10.2.